The van der Waals surface area contributed by atoms with Gasteiger partial charge in [-0.15, -0.1) is 0 Å². The summed E-state index contributed by atoms with van der Waals surface area (Å²) in [4.78, 5) is 29.7. The lowest BCUT2D eigenvalue weighted by Crippen LogP contribution is -2.32. The van der Waals surface area contributed by atoms with Gasteiger partial charge < -0.3 is 24.4 Å². The van der Waals surface area contributed by atoms with Crippen LogP contribution in [0.25, 0.3) is 5.76 Å². The van der Waals surface area contributed by atoms with E-state index in [1.165, 1.54) is 0 Å². The summed E-state index contributed by atoms with van der Waals surface area (Å²) in [5.74, 6) is -0.330. The molecule has 0 aromatic heterocycles. The monoisotopic (exact) mass is 438 g/mol. The Balaban J connectivity index is 2.10. The third-order valence-electron chi connectivity index (χ3n) is 5.37. The number of amides is 1. The highest BCUT2D eigenvalue weighted by atomic mass is 16.5. The third-order valence-corrected chi connectivity index (χ3v) is 5.37. The van der Waals surface area contributed by atoms with E-state index < -0.39 is 17.7 Å². The predicted molar refractivity (Wildman–Crippen MR) is 123 cm³/mol. The van der Waals surface area contributed by atoms with Crippen molar-refractivity contribution in [2.24, 2.45) is 0 Å². The molecular formula is C25H30N2O5. The molecule has 1 amide bonds. The maximum Gasteiger partial charge on any atom is 0.295 e. The molecule has 32 heavy (non-hydrogen) atoms. The summed E-state index contributed by atoms with van der Waals surface area (Å²) in [7, 11) is 5.48. The van der Waals surface area contributed by atoms with E-state index in [0.717, 1.165) is 6.54 Å². The highest BCUT2D eigenvalue weighted by molar-refractivity contribution is 6.46. The van der Waals surface area contributed by atoms with Gasteiger partial charge in [0.05, 0.1) is 25.3 Å². The summed E-state index contributed by atoms with van der Waals surface area (Å²) in [6.45, 7) is 3.50. The van der Waals surface area contributed by atoms with Gasteiger partial charge in [0, 0.05) is 12.1 Å². The molecule has 0 aliphatic carbocycles. The first kappa shape index (κ1) is 23.3. The molecule has 1 fully saturated rings. The van der Waals surface area contributed by atoms with Gasteiger partial charge in [0.15, 0.2) is 0 Å². The molecule has 1 aliphatic rings. The summed E-state index contributed by atoms with van der Waals surface area (Å²) < 4.78 is 10.9. The maximum absolute atomic E-state index is 13.1. The van der Waals surface area contributed by atoms with E-state index in [9.17, 15) is 14.7 Å². The van der Waals surface area contributed by atoms with Crippen molar-refractivity contribution in [2.75, 3.05) is 40.9 Å². The highest BCUT2D eigenvalue weighted by Crippen LogP contribution is 2.40. The van der Waals surface area contributed by atoms with E-state index in [4.69, 9.17) is 9.47 Å². The summed E-state index contributed by atoms with van der Waals surface area (Å²) in [6.07, 6.45) is 0.695. The fraction of sp³-hybridized carbons (Fsp3) is 0.360. The van der Waals surface area contributed by atoms with E-state index >= 15 is 0 Å². The molecule has 1 unspecified atom stereocenters. The molecular weight excluding hydrogens is 408 g/mol. The fourth-order valence-electron chi connectivity index (χ4n) is 3.88. The van der Waals surface area contributed by atoms with Crippen molar-refractivity contribution in [3.05, 3.63) is 65.2 Å². The van der Waals surface area contributed by atoms with E-state index in [0.29, 0.717) is 42.2 Å². The Morgan fingerprint density at radius 3 is 2.50 bits per heavy atom. The average molecular weight is 439 g/mol. The fourth-order valence-corrected chi connectivity index (χ4v) is 3.88. The Morgan fingerprint density at radius 2 is 1.81 bits per heavy atom. The number of carbonyl (C=O) groups excluding carboxylic acids is 2. The number of aliphatic hydroxyl groups is 1. The lowest BCUT2D eigenvalue weighted by atomic mass is 9.95. The van der Waals surface area contributed by atoms with Gasteiger partial charge in [-0.2, -0.15) is 0 Å². The zero-order valence-corrected chi connectivity index (χ0v) is 19.0. The molecule has 1 heterocycles. The molecule has 1 saturated heterocycles. The zero-order chi connectivity index (χ0) is 23.3. The number of methoxy groups -OCH3 is 1. The molecule has 2 aromatic rings. The smallest absolute Gasteiger partial charge is 0.295 e. The summed E-state index contributed by atoms with van der Waals surface area (Å²) in [5, 5.41) is 11.2. The van der Waals surface area contributed by atoms with E-state index in [2.05, 4.69) is 0 Å². The van der Waals surface area contributed by atoms with Gasteiger partial charge in [-0.05, 0) is 63.8 Å². The molecule has 7 heteroatoms. The van der Waals surface area contributed by atoms with Gasteiger partial charge in [0.1, 0.15) is 17.3 Å². The van der Waals surface area contributed by atoms with Crippen molar-refractivity contribution in [1.29, 1.82) is 0 Å². The van der Waals surface area contributed by atoms with E-state index in [-0.39, 0.29) is 11.3 Å². The maximum atomic E-state index is 13.1. The number of nitrogens with zero attached hydrogens (tertiary/aromatic N) is 2. The Morgan fingerprint density at radius 1 is 1.09 bits per heavy atom. The molecule has 0 saturated carbocycles. The van der Waals surface area contributed by atoms with Crippen molar-refractivity contribution in [1.82, 2.24) is 9.80 Å². The second-order valence-electron chi connectivity index (χ2n) is 7.89. The highest BCUT2D eigenvalue weighted by Gasteiger charge is 2.45. The van der Waals surface area contributed by atoms with Crippen molar-refractivity contribution in [3.8, 4) is 11.5 Å². The van der Waals surface area contributed by atoms with Crippen LogP contribution in [0.5, 0.6) is 11.5 Å². The van der Waals surface area contributed by atoms with Crippen LogP contribution in [-0.4, -0.2) is 67.5 Å². The third kappa shape index (κ3) is 4.94. The van der Waals surface area contributed by atoms with Crippen LogP contribution in [-0.2, 0) is 9.59 Å². The molecule has 1 atom stereocenters. The topological polar surface area (TPSA) is 79.3 Å². The number of aliphatic hydroxyl groups excluding tert-OH is 1. The number of rotatable bonds is 9. The number of Topliss-reactive ketones (excluding diaryl/α,β-unsaturated/α-hetero) is 1. The van der Waals surface area contributed by atoms with Crippen LogP contribution >= 0.6 is 0 Å². The van der Waals surface area contributed by atoms with Crippen molar-refractivity contribution >= 4 is 17.4 Å². The van der Waals surface area contributed by atoms with E-state index in [1.54, 1.807) is 48.4 Å². The Labute approximate surface area is 188 Å². The molecule has 1 aliphatic heterocycles. The minimum Gasteiger partial charge on any atom is -0.507 e. The van der Waals surface area contributed by atoms with Crippen LogP contribution in [0.3, 0.4) is 0 Å². The van der Waals surface area contributed by atoms with Crippen molar-refractivity contribution < 1.29 is 24.2 Å². The van der Waals surface area contributed by atoms with Crippen LogP contribution in [0.1, 0.15) is 30.5 Å². The number of likely N-dealkylation sites (tertiary alicyclic amines) is 1. The molecule has 1 N–H and O–H groups in total. The van der Waals surface area contributed by atoms with Gasteiger partial charge in [-0.1, -0.05) is 24.3 Å². The van der Waals surface area contributed by atoms with Crippen LogP contribution in [0.2, 0.25) is 0 Å². The second-order valence-corrected chi connectivity index (χ2v) is 7.89. The molecule has 2 aromatic carbocycles. The second kappa shape index (κ2) is 10.3. The summed E-state index contributed by atoms with van der Waals surface area (Å²) in [5.41, 5.74) is 1.20. The molecule has 7 nitrogen and oxygen atoms in total. The first-order valence-electron chi connectivity index (χ1n) is 10.7. The van der Waals surface area contributed by atoms with Crippen LogP contribution in [0.15, 0.2) is 54.1 Å². The Bertz CT molecular complexity index is 1010. The number of ketones is 1. The number of hydrogen-bond donors (Lipinski definition) is 1. The number of ether oxygens (including phenoxy) is 2. The van der Waals surface area contributed by atoms with Gasteiger partial charge in [-0.25, -0.2) is 0 Å². The van der Waals surface area contributed by atoms with Gasteiger partial charge >= 0.3 is 0 Å². The quantitative estimate of drug-likeness (QED) is 0.367. The standard InChI is InChI=1S/C25H30N2O5/c1-5-32-20-12-7-10-18(16-20)23(28)21-22(17-9-6-11-19(15-17)31-4)27(25(30)24(21)29)14-8-13-26(2)3/h6-7,9-12,15-16,22,28H,5,8,13-14H2,1-4H3. The first-order valence-corrected chi connectivity index (χ1v) is 10.7. The van der Waals surface area contributed by atoms with Gasteiger partial charge in [0.2, 0.25) is 0 Å². The minimum absolute atomic E-state index is 0.0711. The van der Waals surface area contributed by atoms with Crippen molar-refractivity contribution in [3.63, 3.8) is 0 Å². The number of benzene rings is 2. The summed E-state index contributed by atoms with van der Waals surface area (Å²) >= 11 is 0. The van der Waals surface area contributed by atoms with Crippen LogP contribution in [0.4, 0.5) is 0 Å². The molecule has 0 spiro atoms. The molecule has 3 rings (SSSR count). The Hall–Kier alpha value is -3.32. The first-order chi connectivity index (χ1) is 15.4. The van der Waals surface area contributed by atoms with Crippen molar-refractivity contribution in [2.45, 2.75) is 19.4 Å². The van der Waals surface area contributed by atoms with Gasteiger partial charge in [0.25, 0.3) is 11.7 Å². The predicted octanol–water partition coefficient (Wildman–Crippen LogP) is 3.47. The van der Waals surface area contributed by atoms with Crippen LogP contribution < -0.4 is 9.47 Å². The zero-order valence-electron chi connectivity index (χ0n) is 19.0. The van der Waals surface area contributed by atoms with E-state index in [1.807, 2.05) is 38.1 Å². The molecule has 0 radical (unpaired) electrons. The molecule has 0 bridgehead atoms. The SMILES string of the molecule is CCOc1cccc(C(O)=C2C(=O)C(=O)N(CCCN(C)C)C2c2cccc(OC)c2)c1. The average Bonchev–Trinajstić information content (AvgIpc) is 3.04. The van der Waals surface area contributed by atoms with Crippen LogP contribution in [0, 0.1) is 0 Å². The normalized spacial score (nSPS) is 17.8. The summed E-state index contributed by atoms with van der Waals surface area (Å²) in [6, 6.07) is 13.4. The lowest BCUT2D eigenvalue weighted by Gasteiger charge is -2.26. The molecule has 170 valence electrons. The minimum atomic E-state index is -0.706. The lowest BCUT2D eigenvalue weighted by molar-refractivity contribution is -0.139. The van der Waals surface area contributed by atoms with Gasteiger partial charge in [-0.3, -0.25) is 9.59 Å². The Kier molecular flexibility index (Phi) is 7.53. The number of hydrogen-bond acceptors (Lipinski definition) is 6. The largest absolute Gasteiger partial charge is 0.507 e. The number of carbonyl (C=O) groups is 2.